The molecule has 0 rings (SSSR count). The van der Waals surface area contributed by atoms with Crippen LogP contribution in [-0.2, 0) is 14.3 Å². The number of carbonyl (C=O) groups excluding carboxylic acids is 1. The van der Waals surface area contributed by atoms with Crippen molar-refractivity contribution < 1.29 is 19.4 Å². The summed E-state index contributed by atoms with van der Waals surface area (Å²) in [6.45, 7) is 5.64. The van der Waals surface area contributed by atoms with E-state index in [2.05, 4.69) is 12.2 Å². The van der Waals surface area contributed by atoms with Crippen LogP contribution in [0.1, 0.15) is 26.7 Å². The molecular weight excluding hydrogens is 210 g/mol. The molecule has 0 aromatic carbocycles. The van der Waals surface area contributed by atoms with E-state index in [1.165, 1.54) is 0 Å². The van der Waals surface area contributed by atoms with Gasteiger partial charge in [0.15, 0.2) is 0 Å². The van der Waals surface area contributed by atoms with Crippen LogP contribution >= 0.6 is 0 Å². The fraction of sp³-hybridized carbons (Fsp3) is 0.909. The monoisotopic (exact) mass is 233 g/mol. The highest BCUT2D eigenvalue weighted by Gasteiger charge is 2.02. The first kappa shape index (κ1) is 15.3. The van der Waals surface area contributed by atoms with Gasteiger partial charge >= 0.3 is 5.97 Å². The first-order chi connectivity index (χ1) is 7.70. The summed E-state index contributed by atoms with van der Waals surface area (Å²) in [5.74, 6) is -0.323. The van der Waals surface area contributed by atoms with Crippen LogP contribution in [0, 0.1) is 0 Å². The molecule has 0 aliphatic heterocycles. The van der Waals surface area contributed by atoms with Gasteiger partial charge in [0.2, 0.25) is 0 Å². The molecule has 0 amide bonds. The van der Waals surface area contributed by atoms with E-state index in [4.69, 9.17) is 14.6 Å². The van der Waals surface area contributed by atoms with Crippen molar-refractivity contribution in [3.8, 4) is 0 Å². The molecule has 5 nitrogen and oxygen atoms in total. The molecular formula is C11H23NO4. The minimum atomic E-state index is -0.323. The molecule has 5 heteroatoms. The standard InChI is InChI=1S/C11H23NO4/c1-3-16-11(14)9-15-8-6-12-10(2)5-4-7-13/h10,12-13H,3-9H2,1-2H3. The molecule has 1 atom stereocenters. The molecule has 0 spiro atoms. The summed E-state index contributed by atoms with van der Waals surface area (Å²) in [7, 11) is 0. The van der Waals surface area contributed by atoms with Crippen molar-refractivity contribution in [1.82, 2.24) is 5.32 Å². The zero-order valence-corrected chi connectivity index (χ0v) is 10.2. The molecule has 0 aliphatic carbocycles. The summed E-state index contributed by atoms with van der Waals surface area (Å²) in [5.41, 5.74) is 0. The lowest BCUT2D eigenvalue weighted by Crippen LogP contribution is -2.30. The molecule has 0 aliphatic rings. The molecule has 0 aromatic heterocycles. The van der Waals surface area contributed by atoms with Crippen LogP contribution in [0.15, 0.2) is 0 Å². The average Bonchev–Trinajstić information content (AvgIpc) is 2.26. The molecule has 96 valence electrons. The predicted molar refractivity (Wildman–Crippen MR) is 61.2 cm³/mol. The Bertz CT molecular complexity index is 175. The van der Waals surface area contributed by atoms with Crippen molar-refractivity contribution in [1.29, 1.82) is 0 Å². The molecule has 0 radical (unpaired) electrons. The number of aliphatic hydroxyl groups is 1. The van der Waals surface area contributed by atoms with Crippen molar-refractivity contribution in [3.05, 3.63) is 0 Å². The van der Waals surface area contributed by atoms with Crippen LogP contribution in [0.5, 0.6) is 0 Å². The van der Waals surface area contributed by atoms with Gasteiger partial charge < -0.3 is 19.9 Å². The largest absolute Gasteiger partial charge is 0.464 e. The maximum Gasteiger partial charge on any atom is 0.332 e. The Hall–Kier alpha value is -0.650. The SMILES string of the molecule is CCOC(=O)COCCNC(C)CCCO. The minimum Gasteiger partial charge on any atom is -0.464 e. The second kappa shape index (κ2) is 10.9. The molecule has 0 aromatic rings. The molecule has 0 saturated carbocycles. The normalized spacial score (nSPS) is 12.4. The average molecular weight is 233 g/mol. The van der Waals surface area contributed by atoms with E-state index in [1.54, 1.807) is 6.92 Å². The Kier molecular flexibility index (Phi) is 10.4. The summed E-state index contributed by atoms with van der Waals surface area (Å²) < 4.78 is 9.83. The van der Waals surface area contributed by atoms with Gasteiger partial charge in [0.25, 0.3) is 0 Å². The lowest BCUT2D eigenvalue weighted by Gasteiger charge is -2.12. The minimum absolute atomic E-state index is 0.0144. The summed E-state index contributed by atoms with van der Waals surface area (Å²) in [6.07, 6.45) is 1.74. The second-order valence-electron chi connectivity index (χ2n) is 3.58. The van der Waals surface area contributed by atoms with Crippen molar-refractivity contribution in [3.63, 3.8) is 0 Å². The van der Waals surface area contributed by atoms with Crippen molar-refractivity contribution in [2.45, 2.75) is 32.7 Å². The Morgan fingerprint density at radius 3 is 2.88 bits per heavy atom. The second-order valence-corrected chi connectivity index (χ2v) is 3.58. The van der Waals surface area contributed by atoms with Crippen LogP contribution in [0.4, 0.5) is 0 Å². The fourth-order valence-electron chi connectivity index (χ4n) is 1.24. The summed E-state index contributed by atoms with van der Waals surface area (Å²) in [4.78, 5) is 10.9. The van der Waals surface area contributed by atoms with E-state index in [0.717, 1.165) is 12.8 Å². The van der Waals surface area contributed by atoms with Crippen molar-refractivity contribution >= 4 is 5.97 Å². The fourth-order valence-corrected chi connectivity index (χ4v) is 1.24. The van der Waals surface area contributed by atoms with E-state index in [9.17, 15) is 4.79 Å². The van der Waals surface area contributed by atoms with E-state index >= 15 is 0 Å². The zero-order valence-electron chi connectivity index (χ0n) is 10.2. The highest BCUT2D eigenvalue weighted by atomic mass is 16.6. The number of nitrogens with one attached hydrogen (secondary N) is 1. The zero-order chi connectivity index (χ0) is 12.2. The van der Waals surface area contributed by atoms with Gasteiger partial charge in [-0.25, -0.2) is 4.79 Å². The molecule has 0 saturated heterocycles. The van der Waals surface area contributed by atoms with Crippen molar-refractivity contribution in [2.24, 2.45) is 0 Å². The van der Waals surface area contributed by atoms with Gasteiger partial charge in [0.05, 0.1) is 13.2 Å². The summed E-state index contributed by atoms with van der Waals surface area (Å²) in [5, 5.41) is 11.9. The third kappa shape index (κ3) is 9.89. The number of aliphatic hydroxyl groups excluding tert-OH is 1. The lowest BCUT2D eigenvalue weighted by atomic mass is 10.2. The Labute approximate surface area is 97.1 Å². The first-order valence-corrected chi connectivity index (χ1v) is 5.78. The summed E-state index contributed by atoms with van der Waals surface area (Å²) >= 11 is 0. The van der Waals surface area contributed by atoms with E-state index < -0.39 is 0 Å². The van der Waals surface area contributed by atoms with Crippen LogP contribution in [0.25, 0.3) is 0 Å². The van der Waals surface area contributed by atoms with Crippen LogP contribution in [0.2, 0.25) is 0 Å². The first-order valence-electron chi connectivity index (χ1n) is 5.78. The van der Waals surface area contributed by atoms with Crippen LogP contribution < -0.4 is 5.32 Å². The highest BCUT2D eigenvalue weighted by Crippen LogP contribution is 1.94. The quantitative estimate of drug-likeness (QED) is 0.420. The Morgan fingerprint density at radius 2 is 2.25 bits per heavy atom. The molecule has 0 fully saturated rings. The van der Waals surface area contributed by atoms with Gasteiger partial charge in [-0.3, -0.25) is 0 Å². The van der Waals surface area contributed by atoms with Gasteiger partial charge in [0.1, 0.15) is 6.61 Å². The highest BCUT2D eigenvalue weighted by molar-refractivity contribution is 5.70. The topological polar surface area (TPSA) is 67.8 Å². The van der Waals surface area contributed by atoms with E-state index in [-0.39, 0.29) is 19.2 Å². The van der Waals surface area contributed by atoms with Gasteiger partial charge in [0, 0.05) is 19.2 Å². The molecule has 2 N–H and O–H groups in total. The Balaban J connectivity index is 3.23. The number of ether oxygens (including phenoxy) is 2. The summed E-state index contributed by atoms with van der Waals surface area (Å²) in [6, 6.07) is 0.360. The van der Waals surface area contributed by atoms with Gasteiger partial charge in [-0.2, -0.15) is 0 Å². The molecule has 0 heterocycles. The van der Waals surface area contributed by atoms with Gasteiger partial charge in [-0.1, -0.05) is 0 Å². The van der Waals surface area contributed by atoms with Crippen molar-refractivity contribution in [2.75, 3.05) is 33.0 Å². The predicted octanol–water partition coefficient (Wildman–Crippen LogP) is 0.317. The number of esters is 1. The van der Waals surface area contributed by atoms with Gasteiger partial charge in [-0.05, 0) is 26.7 Å². The van der Waals surface area contributed by atoms with Crippen LogP contribution in [0.3, 0.4) is 0 Å². The van der Waals surface area contributed by atoms with E-state index in [0.29, 0.717) is 25.8 Å². The molecule has 0 bridgehead atoms. The maximum atomic E-state index is 10.9. The lowest BCUT2D eigenvalue weighted by molar-refractivity contribution is -0.148. The molecule has 1 unspecified atom stereocenters. The number of rotatable bonds is 10. The van der Waals surface area contributed by atoms with Gasteiger partial charge in [-0.15, -0.1) is 0 Å². The number of hydrogen-bond donors (Lipinski definition) is 2. The smallest absolute Gasteiger partial charge is 0.332 e. The maximum absolute atomic E-state index is 10.9. The third-order valence-corrected chi connectivity index (χ3v) is 2.06. The Morgan fingerprint density at radius 1 is 1.50 bits per heavy atom. The van der Waals surface area contributed by atoms with E-state index in [1.807, 2.05) is 0 Å². The third-order valence-electron chi connectivity index (χ3n) is 2.06. The molecule has 16 heavy (non-hydrogen) atoms. The number of carbonyl (C=O) groups is 1. The number of hydrogen-bond acceptors (Lipinski definition) is 5. The van der Waals surface area contributed by atoms with Crippen LogP contribution in [-0.4, -0.2) is 50.1 Å².